The van der Waals surface area contributed by atoms with Crippen LogP contribution in [-0.2, 0) is 0 Å². The molecule has 1 aromatic heterocycles. The van der Waals surface area contributed by atoms with Crippen LogP contribution < -0.4 is 10.6 Å². The third-order valence-electron chi connectivity index (χ3n) is 3.32. The summed E-state index contributed by atoms with van der Waals surface area (Å²) < 4.78 is 39.8. The van der Waals surface area contributed by atoms with Gasteiger partial charge in [0.25, 0.3) is 5.91 Å². The molecule has 2 aromatic carbocycles. The number of nitrogens with one attached hydrogen (secondary N) is 2. The summed E-state index contributed by atoms with van der Waals surface area (Å²) in [6.07, 6.45) is 1.38. The lowest BCUT2D eigenvalue weighted by atomic mass is 10.2. The minimum absolute atomic E-state index is 0.0334. The Morgan fingerprint density at radius 2 is 1.64 bits per heavy atom. The van der Waals surface area contributed by atoms with E-state index in [2.05, 4.69) is 15.6 Å². The number of rotatable bonds is 4. The van der Waals surface area contributed by atoms with Gasteiger partial charge in [-0.3, -0.25) is 9.78 Å². The van der Waals surface area contributed by atoms with Crippen LogP contribution in [0.15, 0.2) is 60.8 Å². The number of pyridine rings is 1. The highest BCUT2D eigenvalue weighted by Crippen LogP contribution is 2.20. The molecule has 7 heteroatoms. The zero-order valence-corrected chi connectivity index (χ0v) is 12.8. The zero-order valence-electron chi connectivity index (χ0n) is 12.8. The van der Waals surface area contributed by atoms with Crippen LogP contribution >= 0.6 is 0 Å². The van der Waals surface area contributed by atoms with Gasteiger partial charge in [-0.25, -0.2) is 13.2 Å². The predicted molar refractivity (Wildman–Crippen MR) is 88.2 cm³/mol. The van der Waals surface area contributed by atoms with Crippen molar-refractivity contribution in [2.45, 2.75) is 0 Å². The standard InChI is InChI=1S/C18H12F3N3O/c19-13-6-5-11(9-15(13)21)24-18(25)17-10-12(7-8-22-17)23-16-4-2-1-3-14(16)20/h1-10H,(H,22,23)(H,24,25). The monoisotopic (exact) mass is 343 g/mol. The van der Waals surface area contributed by atoms with E-state index < -0.39 is 23.4 Å². The van der Waals surface area contributed by atoms with E-state index in [-0.39, 0.29) is 17.1 Å². The number of halogens is 3. The lowest BCUT2D eigenvalue weighted by Crippen LogP contribution is -2.14. The number of carbonyl (C=O) groups excluding carboxylic acids is 1. The van der Waals surface area contributed by atoms with Crippen LogP contribution in [0.1, 0.15) is 10.5 Å². The molecule has 4 nitrogen and oxygen atoms in total. The van der Waals surface area contributed by atoms with Gasteiger partial charge in [0.2, 0.25) is 0 Å². The molecule has 0 radical (unpaired) electrons. The second-order valence-electron chi connectivity index (χ2n) is 5.12. The molecule has 0 saturated carbocycles. The Morgan fingerprint density at radius 3 is 2.40 bits per heavy atom. The van der Waals surface area contributed by atoms with Gasteiger partial charge < -0.3 is 10.6 Å². The Balaban J connectivity index is 1.77. The fraction of sp³-hybridized carbons (Fsp3) is 0. The predicted octanol–water partition coefficient (Wildman–Crippen LogP) is 4.49. The highest BCUT2D eigenvalue weighted by molar-refractivity contribution is 6.03. The number of nitrogens with zero attached hydrogens (tertiary/aromatic N) is 1. The maximum Gasteiger partial charge on any atom is 0.274 e. The molecule has 0 aliphatic carbocycles. The molecule has 0 spiro atoms. The van der Waals surface area contributed by atoms with Gasteiger partial charge in [-0.15, -0.1) is 0 Å². The van der Waals surface area contributed by atoms with Gasteiger partial charge in [0, 0.05) is 23.6 Å². The van der Waals surface area contributed by atoms with Gasteiger partial charge in [-0.1, -0.05) is 12.1 Å². The highest BCUT2D eigenvalue weighted by Gasteiger charge is 2.11. The lowest BCUT2D eigenvalue weighted by Gasteiger charge is -2.09. The molecule has 0 bridgehead atoms. The van der Waals surface area contributed by atoms with Gasteiger partial charge in [0.1, 0.15) is 11.5 Å². The summed E-state index contributed by atoms with van der Waals surface area (Å²) in [5.74, 6) is -3.12. The number of amides is 1. The van der Waals surface area contributed by atoms with E-state index in [9.17, 15) is 18.0 Å². The van der Waals surface area contributed by atoms with Crippen molar-refractivity contribution in [1.82, 2.24) is 4.98 Å². The summed E-state index contributed by atoms with van der Waals surface area (Å²) in [4.78, 5) is 16.1. The third kappa shape index (κ3) is 3.95. The number of hydrogen-bond acceptors (Lipinski definition) is 3. The molecule has 2 N–H and O–H groups in total. The Labute approximate surface area is 141 Å². The van der Waals surface area contributed by atoms with Crippen LogP contribution in [0.4, 0.5) is 30.2 Å². The van der Waals surface area contributed by atoms with E-state index in [1.165, 1.54) is 24.4 Å². The van der Waals surface area contributed by atoms with Gasteiger partial charge in [-0.2, -0.15) is 0 Å². The SMILES string of the molecule is O=C(Nc1ccc(F)c(F)c1)c1cc(Nc2ccccc2F)ccn1. The molecule has 0 aliphatic heterocycles. The summed E-state index contributed by atoms with van der Waals surface area (Å²) >= 11 is 0. The molecule has 1 heterocycles. The number of hydrogen-bond donors (Lipinski definition) is 2. The van der Waals surface area contributed by atoms with E-state index in [1.54, 1.807) is 24.3 Å². The summed E-state index contributed by atoms with van der Waals surface area (Å²) in [6.45, 7) is 0. The summed E-state index contributed by atoms with van der Waals surface area (Å²) in [7, 11) is 0. The maximum absolute atomic E-state index is 13.7. The summed E-state index contributed by atoms with van der Waals surface area (Å²) in [5.41, 5.74) is 0.834. The smallest absolute Gasteiger partial charge is 0.274 e. The van der Waals surface area contributed by atoms with Gasteiger partial charge >= 0.3 is 0 Å². The van der Waals surface area contributed by atoms with Crippen molar-refractivity contribution in [2.75, 3.05) is 10.6 Å². The van der Waals surface area contributed by atoms with E-state index in [0.717, 1.165) is 12.1 Å². The average Bonchev–Trinajstić information content (AvgIpc) is 2.60. The number of benzene rings is 2. The first-order valence-corrected chi connectivity index (χ1v) is 7.27. The number of carbonyl (C=O) groups is 1. The van der Waals surface area contributed by atoms with Crippen LogP contribution in [0.25, 0.3) is 0 Å². The molecule has 0 fully saturated rings. The quantitative estimate of drug-likeness (QED) is 0.734. The molecule has 0 unspecified atom stereocenters. The van der Waals surface area contributed by atoms with Crippen LogP contribution in [-0.4, -0.2) is 10.9 Å². The van der Waals surface area contributed by atoms with Crippen LogP contribution in [0.5, 0.6) is 0 Å². The van der Waals surface area contributed by atoms with Gasteiger partial charge in [-0.05, 0) is 36.4 Å². The number of anilines is 3. The second-order valence-corrected chi connectivity index (χ2v) is 5.12. The molecule has 1 amide bonds. The normalized spacial score (nSPS) is 10.4. The first-order chi connectivity index (χ1) is 12.0. The molecular formula is C18H12F3N3O. The van der Waals surface area contributed by atoms with Crippen molar-refractivity contribution in [3.05, 3.63) is 83.9 Å². The largest absolute Gasteiger partial charge is 0.353 e. The molecule has 126 valence electrons. The van der Waals surface area contributed by atoms with Crippen LogP contribution in [0.3, 0.4) is 0 Å². The van der Waals surface area contributed by atoms with E-state index >= 15 is 0 Å². The second kappa shape index (κ2) is 7.04. The molecule has 3 aromatic rings. The molecule has 0 saturated heterocycles. The molecule has 25 heavy (non-hydrogen) atoms. The number of para-hydroxylation sites is 1. The van der Waals surface area contributed by atoms with Crippen molar-refractivity contribution in [3.8, 4) is 0 Å². The van der Waals surface area contributed by atoms with E-state index in [1.807, 2.05) is 0 Å². The van der Waals surface area contributed by atoms with Gasteiger partial charge in [0.05, 0.1) is 5.69 Å². The Morgan fingerprint density at radius 1 is 0.840 bits per heavy atom. The van der Waals surface area contributed by atoms with Crippen molar-refractivity contribution in [3.63, 3.8) is 0 Å². The van der Waals surface area contributed by atoms with Crippen LogP contribution in [0, 0.1) is 17.5 Å². The minimum Gasteiger partial charge on any atom is -0.353 e. The fourth-order valence-electron chi connectivity index (χ4n) is 2.12. The lowest BCUT2D eigenvalue weighted by molar-refractivity contribution is 0.102. The minimum atomic E-state index is -1.07. The zero-order chi connectivity index (χ0) is 17.8. The topological polar surface area (TPSA) is 54.0 Å². The summed E-state index contributed by atoms with van der Waals surface area (Å²) in [5, 5.41) is 5.26. The fourth-order valence-corrected chi connectivity index (χ4v) is 2.12. The highest BCUT2D eigenvalue weighted by atomic mass is 19.2. The van der Waals surface area contributed by atoms with E-state index in [4.69, 9.17) is 0 Å². The van der Waals surface area contributed by atoms with Crippen LogP contribution in [0.2, 0.25) is 0 Å². The molecule has 0 atom stereocenters. The Hall–Kier alpha value is -3.35. The average molecular weight is 343 g/mol. The number of aromatic nitrogens is 1. The third-order valence-corrected chi connectivity index (χ3v) is 3.32. The van der Waals surface area contributed by atoms with Crippen molar-refractivity contribution < 1.29 is 18.0 Å². The molecular weight excluding hydrogens is 331 g/mol. The van der Waals surface area contributed by atoms with Crippen molar-refractivity contribution in [2.24, 2.45) is 0 Å². The Bertz CT molecular complexity index is 931. The molecule has 0 aliphatic rings. The first kappa shape index (κ1) is 16.5. The van der Waals surface area contributed by atoms with Crippen molar-refractivity contribution >= 4 is 23.0 Å². The summed E-state index contributed by atoms with van der Waals surface area (Å²) in [6, 6.07) is 12.1. The molecule has 3 rings (SSSR count). The first-order valence-electron chi connectivity index (χ1n) is 7.27. The van der Waals surface area contributed by atoms with E-state index in [0.29, 0.717) is 5.69 Å². The van der Waals surface area contributed by atoms with Gasteiger partial charge in [0.15, 0.2) is 11.6 Å². The Kier molecular flexibility index (Phi) is 4.65. The maximum atomic E-state index is 13.7. The van der Waals surface area contributed by atoms with Crippen molar-refractivity contribution in [1.29, 1.82) is 0 Å².